The van der Waals surface area contributed by atoms with Crippen molar-refractivity contribution in [1.82, 2.24) is 5.32 Å². The fourth-order valence-electron chi connectivity index (χ4n) is 1.08. The van der Waals surface area contributed by atoms with Crippen LogP contribution in [0.25, 0.3) is 0 Å². The van der Waals surface area contributed by atoms with Crippen LogP contribution in [0.5, 0.6) is 0 Å². The summed E-state index contributed by atoms with van der Waals surface area (Å²) >= 11 is 0. The molecule has 0 unspecified atom stereocenters. The van der Waals surface area contributed by atoms with Gasteiger partial charge in [-0.1, -0.05) is 0 Å². The zero-order valence-corrected chi connectivity index (χ0v) is 9.67. The molecule has 0 aromatic carbocycles. The molecule has 1 aromatic rings. The Morgan fingerprint density at radius 1 is 1.56 bits per heavy atom. The summed E-state index contributed by atoms with van der Waals surface area (Å²) in [5.74, 6) is -0.219. The quantitative estimate of drug-likeness (QED) is 0.866. The van der Waals surface area contributed by atoms with Gasteiger partial charge in [0.15, 0.2) is 5.82 Å². The van der Waals surface area contributed by atoms with Gasteiger partial charge >= 0.3 is 6.09 Å². The van der Waals surface area contributed by atoms with Gasteiger partial charge in [0, 0.05) is 18.0 Å². The van der Waals surface area contributed by atoms with Gasteiger partial charge in [0.2, 0.25) is 0 Å². The summed E-state index contributed by atoms with van der Waals surface area (Å²) in [4.78, 5) is 11.2. The van der Waals surface area contributed by atoms with Gasteiger partial charge in [-0.2, -0.15) is 0 Å². The number of carbonyl (C=O) groups is 1. The first-order valence-electron chi connectivity index (χ1n) is 5.05. The number of rotatable bonds is 3. The SMILES string of the molecule is CC(C)(C)NC(=O)OCCc1occc1F. The standard InChI is InChI=1S/C11H16FNO3/c1-11(2,3)13-10(14)16-7-5-9-8(12)4-6-15-9/h4,6H,5,7H2,1-3H3,(H,13,14). The van der Waals surface area contributed by atoms with Crippen molar-refractivity contribution >= 4 is 6.09 Å². The number of hydrogen-bond acceptors (Lipinski definition) is 3. The molecule has 0 aliphatic carbocycles. The molecule has 0 bridgehead atoms. The zero-order chi connectivity index (χ0) is 12.2. The molecule has 1 aromatic heterocycles. The molecule has 0 radical (unpaired) electrons. The van der Waals surface area contributed by atoms with Gasteiger partial charge in [0.1, 0.15) is 12.4 Å². The number of ether oxygens (including phenoxy) is 1. The number of furan rings is 1. The largest absolute Gasteiger partial charge is 0.466 e. The molecule has 5 heteroatoms. The van der Waals surface area contributed by atoms with Crippen LogP contribution in [0.1, 0.15) is 26.5 Å². The van der Waals surface area contributed by atoms with E-state index in [4.69, 9.17) is 9.15 Å². The second-order valence-electron chi connectivity index (χ2n) is 4.45. The van der Waals surface area contributed by atoms with Gasteiger partial charge in [-0.15, -0.1) is 0 Å². The lowest BCUT2D eigenvalue weighted by Crippen LogP contribution is -2.41. The van der Waals surface area contributed by atoms with Crippen LogP contribution < -0.4 is 5.32 Å². The number of nitrogens with one attached hydrogen (secondary N) is 1. The highest BCUT2D eigenvalue weighted by atomic mass is 19.1. The third kappa shape index (κ3) is 4.33. The van der Waals surface area contributed by atoms with Gasteiger partial charge in [-0.25, -0.2) is 9.18 Å². The Morgan fingerprint density at radius 2 is 2.25 bits per heavy atom. The summed E-state index contributed by atoms with van der Waals surface area (Å²) in [6.07, 6.45) is 0.982. The maximum Gasteiger partial charge on any atom is 0.407 e. The van der Waals surface area contributed by atoms with Crippen molar-refractivity contribution in [1.29, 1.82) is 0 Å². The Hall–Kier alpha value is -1.52. The summed E-state index contributed by atoms with van der Waals surface area (Å²) < 4.78 is 22.6. The molecule has 0 spiro atoms. The van der Waals surface area contributed by atoms with Gasteiger partial charge in [0.05, 0.1) is 6.26 Å². The van der Waals surface area contributed by atoms with Gasteiger partial charge in [-0.3, -0.25) is 0 Å². The van der Waals surface area contributed by atoms with Crippen LogP contribution in [0, 0.1) is 5.82 Å². The van der Waals surface area contributed by atoms with Crippen molar-refractivity contribution in [3.05, 3.63) is 23.9 Å². The van der Waals surface area contributed by atoms with Crippen LogP contribution in [0.3, 0.4) is 0 Å². The minimum Gasteiger partial charge on any atom is -0.466 e. The monoisotopic (exact) mass is 229 g/mol. The average molecular weight is 229 g/mol. The highest BCUT2D eigenvalue weighted by Gasteiger charge is 2.14. The second kappa shape index (κ2) is 5.01. The topological polar surface area (TPSA) is 51.5 Å². The van der Waals surface area contributed by atoms with Gasteiger partial charge in [-0.05, 0) is 20.8 Å². The molecule has 0 fully saturated rings. The van der Waals surface area contributed by atoms with E-state index in [1.54, 1.807) is 0 Å². The van der Waals surface area contributed by atoms with Crippen LogP contribution in [0.2, 0.25) is 0 Å². The smallest absolute Gasteiger partial charge is 0.407 e. The van der Waals surface area contributed by atoms with Crippen LogP contribution in [0.4, 0.5) is 9.18 Å². The Balaban J connectivity index is 2.26. The summed E-state index contributed by atoms with van der Waals surface area (Å²) in [7, 11) is 0. The Kier molecular flexibility index (Phi) is 3.93. The Labute approximate surface area is 93.8 Å². The Bertz CT molecular complexity index is 354. The number of alkyl carbamates (subject to hydrolysis) is 1. The molecule has 0 saturated carbocycles. The molecule has 1 heterocycles. The highest BCUT2D eigenvalue weighted by Crippen LogP contribution is 2.08. The first-order valence-corrected chi connectivity index (χ1v) is 5.05. The van der Waals surface area contributed by atoms with E-state index in [9.17, 15) is 9.18 Å². The minimum atomic E-state index is -0.514. The molecule has 4 nitrogen and oxygen atoms in total. The van der Waals surface area contributed by atoms with E-state index in [0.717, 1.165) is 0 Å². The van der Waals surface area contributed by atoms with Crippen molar-refractivity contribution < 1.29 is 18.3 Å². The van der Waals surface area contributed by atoms with Crippen LogP contribution in [-0.2, 0) is 11.2 Å². The lowest BCUT2D eigenvalue weighted by Gasteiger charge is -2.19. The predicted molar refractivity (Wildman–Crippen MR) is 56.6 cm³/mol. The third-order valence-electron chi connectivity index (χ3n) is 1.73. The van der Waals surface area contributed by atoms with Crippen LogP contribution in [-0.4, -0.2) is 18.2 Å². The fourth-order valence-corrected chi connectivity index (χ4v) is 1.08. The van der Waals surface area contributed by atoms with Crippen molar-refractivity contribution in [2.24, 2.45) is 0 Å². The lowest BCUT2D eigenvalue weighted by molar-refractivity contribution is 0.137. The number of halogens is 1. The molecular formula is C11H16FNO3. The summed E-state index contributed by atoms with van der Waals surface area (Å²) in [6, 6.07) is 1.23. The molecule has 1 rings (SSSR count). The number of hydrogen-bond donors (Lipinski definition) is 1. The van der Waals surface area contributed by atoms with E-state index in [1.165, 1.54) is 12.3 Å². The summed E-state index contributed by atoms with van der Waals surface area (Å²) in [5.41, 5.74) is -0.340. The molecule has 1 N–H and O–H groups in total. The highest BCUT2D eigenvalue weighted by molar-refractivity contribution is 5.68. The van der Waals surface area contributed by atoms with Crippen LogP contribution in [0.15, 0.2) is 16.7 Å². The summed E-state index contributed by atoms with van der Waals surface area (Å²) in [5, 5.41) is 2.63. The van der Waals surface area contributed by atoms with E-state index in [-0.39, 0.29) is 24.3 Å². The third-order valence-corrected chi connectivity index (χ3v) is 1.73. The predicted octanol–water partition coefficient (Wildman–Crippen LogP) is 2.49. The lowest BCUT2D eigenvalue weighted by atomic mass is 10.1. The first kappa shape index (κ1) is 12.5. The van der Waals surface area contributed by atoms with Gasteiger partial charge in [0.25, 0.3) is 0 Å². The second-order valence-corrected chi connectivity index (χ2v) is 4.45. The zero-order valence-electron chi connectivity index (χ0n) is 9.67. The summed E-state index contributed by atoms with van der Waals surface area (Å²) in [6.45, 7) is 5.63. The maximum absolute atomic E-state index is 12.9. The van der Waals surface area contributed by atoms with Crippen molar-refractivity contribution in [2.45, 2.75) is 32.7 Å². The molecule has 0 saturated heterocycles. The van der Waals surface area contributed by atoms with Gasteiger partial charge < -0.3 is 14.5 Å². The van der Waals surface area contributed by atoms with E-state index in [2.05, 4.69) is 5.32 Å². The van der Waals surface area contributed by atoms with Crippen molar-refractivity contribution in [3.63, 3.8) is 0 Å². The molecule has 1 amide bonds. The van der Waals surface area contributed by atoms with E-state index < -0.39 is 11.9 Å². The number of amides is 1. The maximum atomic E-state index is 12.9. The number of carbonyl (C=O) groups excluding carboxylic acids is 1. The minimum absolute atomic E-state index is 0.0896. The average Bonchev–Trinajstić information content (AvgIpc) is 2.48. The first-order chi connectivity index (χ1) is 7.38. The van der Waals surface area contributed by atoms with E-state index in [1.807, 2.05) is 20.8 Å². The van der Waals surface area contributed by atoms with E-state index in [0.29, 0.717) is 0 Å². The van der Waals surface area contributed by atoms with Crippen molar-refractivity contribution in [2.75, 3.05) is 6.61 Å². The fraction of sp³-hybridized carbons (Fsp3) is 0.545. The molecule has 0 atom stereocenters. The normalized spacial score (nSPS) is 11.2. The molecule has 0 aliphatic heterocycles. The van der Waals surface area contributed by atoms with Crippen molar-refractivity contribution in [3.8, 4) is 0 Å². The Morgan fingerprint density at radius 3 is 2.75 bits per heavy atom. The van der Waals surface area contributed by atoms with E-state index >= 15 is 0 Å². The van der Waals surface area contributed by atoms with Crippen LogP contribution >= 0.6 is 0 Å². The molecular weight excluding hydrogens is 213 g/mol. The molecule has 90 valence electrons. The molecule has 16 heavy (non-hydrogen) atoms. The molecule has 0 aliphatic rings.